The lowest BCUT2D eigenvalue weighted by Gasteiger charge is -2.22. The molecule has 1 amide bonds. The van der Waals surface area contributed by atoms with E-state index in [1.807, 2.05) is 6.92 Å². The quantitative estimate of drug-likeness (QED) is 0.814. The molecule has 2 nitrogen and oxygen atoms in total. The predicted octanol–water partition coefficient (Wildman–Crippen LogP) is 3.07. The van der Waals surface area contributed by atoms with Crippen molar-refractivity contribution in [2.75, 3.05) is 12.3 Å². The van der Waals surface area contributed by atoms with Crippen LogP contribution in [0.15, 0.2) is 18.2 Å². The van der Waals surface area contributed by atoms with E-state index in [0.717, 1.165) is 5.56 Å². The standard InChI is InChI=1S/C11H11ClFNOS/c1-2-14-10(15)6-16-11(14)7-3-4-9(13)8(12)5-7/h3-5,11H,2,6H2,1H3. The summed E-state index contributed by atoms with van der Waals surface area (Å²) in [4.78, 5) is 13.3. The van der Waals surface area contributed by atoms with Crippen molar-refractivity contribution in [1.29, 1.82) is 0 Å². The van der Waals surface area contributed by atoms with Crippen LogP contribution in [0.4, 0.5) is 4.39 Å². The third-order valence-electron chi connectivity index (χ3n) is 2.54. The lowest BCUT2D eigenvalue weighted by atomic mass is 10.2. The van der Waals surface area contributed by atoms with E-state index in [9.17, 15) is 9.18 Å². The van der Waals surface area contributed by atoms with Gasteiger partial charge in [0.2, 0.25) is 5.91 Å². The molecule has 86 valence electrons. The highest BCUT2D eigenvalue weighted by Gasteiger charge is 2.31. The van der Waals surface area contributed by atoms with Crippen LogP contribution in [0.25, 0.3) is 0 Å². The second kappa shape index (κ2) is 4.63. The minimum absolute atomic E-state index is 0.0319. The molecular formula is C11H11ClFNOS. The highest BCUT2D eigenvalue weighted by molar-refractivity contribution is 8.00. The molecule has 1 heterocycles. The van der Waals surface area contributed by atoms with Crippen LogP contribution < -0.4 is 0 Å². The van der Waals surface area contributed by atoms with E-state index in [0.29, 0.717) is 12.3 Å². The summed E-state index contributed by atoms with van der Waals surface area (Å²) in [6, 6.07) is 4.62. The summed E-state index contributed by atoms with van der Waals surface area (Å²) < 4.78 is 13.0. The maximum absolute atomic E-state index is 13.0. The van der Waals surface area contributed by atoms with Crippen LogP contribution in [0.5, 0.6) is 0 Å². The van der Waals surface area contributed by atoms with Gasteiger partial charge in [-0.1, -0.05) is 17.7 Å². The number of hydrogen-bond donors (Lipinski definition) is 0. The maximum Gasteiger partial charge on any atom is 0.233 e. The van der Waals surface area contributed by atoms with Gasteiger partial charge in [0, 0.05) is 6.54 Å². The first kappa shape index (κ1) is 11.7. The second-order valence-corrected chi connectivity index (χ2v) is 4.99. The van der Waals surface area contributed by atoms with Crippen LogP contribution in [0, 0.1) is 5.82 Å². The van der Waals surface area contributed by atoms with E-state index < -0.39 is 5.82 Å². The van der Waals surface area contributed by atoms with Crippen LogP contribution in [0.1, 0.15) is 17.9 Å². The molecule has 1 fully saturated rings. The van der Waals surface area contributed by atoms with Crippen LogP contribution in [0.3, 0.4) is 0 Å². The first-order valence-corrected chi connectivity index (χ1v) is 6.42. The Morgan fingerprint density at radius 2 is 2.38 bits per heavy atom. The fourth-order valence-electron chi connectivity index (χ4n) is 1.74. The summed E-state index contributed by atoms with van der Waals surface area (Å²) in [5.74, 6) is 0.175. The minimum Gasteiger partial charge on any atom is -0.326 e. The second-order valence-electron chi connectivity index (χ2n) is 3.52. The average molecular weight is 260 g/mol. The molecule has 0 aromatic heterocycles. The number of carbonyl (C=O) groups is 1. The van der Waals surface area contributed by atoms with Gasteiger partial charge in [0.1, 0.15) is 11.2 Å². The molecule has 0 N–H and O–H groups in total. The van der Waals surface area contributed by atoms with Gasteiger partial charge in [-0.2, -0.15) is 0 Å². The van der Waals surface area contributed by atoms with Gasteiger partial charge < -0.3 is 4.90 Å². The number of hydrogen-bond acceptors (Lipinski definition) is 2. The van der Waals surface area contributed by atoms with Gasteiger partial charge in [0.25, 0.3) is 0 Å². The van der Waals surface area contributed by atoms with Crippen molar-refractivity contribution in [2.24, 2.45) is 0 Å². The van der Waals surface area contributed by atoms with Crippen molar-refractivity contribution < 1.29 is 9.18 Å². The Hall–Kier alpha value is -0.740. The van der Waals surface area contributed by atoms with Gasteiger partial charge in [-0.05, 0) is 24.6 Å². The van der Waals surface area contributed by atoms with E-state index in [4.69, 9.17) is 11.6 Å². The molecule has 1 aromatic rings. The Kier molecular flexibility index (Phi) is 3.40. The molecular weight excluding hydrogens is 249 g/mol. The summed E-state index contributed by atoms with van der Waals surface area (Å²) in [5.41, 5.74) is 0.879. The molecule has 0 radical (unpaired) electrons. The fraction of sp³-hybridized carbons (Fsp3) is 0.364. The Bertz CT molecular complexity index is 426. The van der Waals surface area contributed by atoms with Gasteiger partial charge >= 0.3 is 0 Å². The smallest absolute Gasteiger partial charge is 0.233 e. The van der Waals surface area contributed by atoms with Crippen molar-refractivity contribution >= 4 is 29.3 Å². The van der Waals surface area contributed by atoms with Gasteiger partial charge in [0.15, 0.2) is 0 Å². The van der Waals surface area contributed by atoms with E-state index in [1.165, 1.54) is 6.07 Å². The van der Waals surface area contributed by atoms with Crippen molar-refractivity contribution in [2.45, 2.75) is 12.3 Å². The van der Waals surface area contributed by atoms with E-state index in [2.05, 4.69) is 0 Å². The molecule has 5 heteroatoms. The van der Waals surface area contributed by atoms with Crippen molar-refractivity contribution in [3.05, 3.63) is 34.6 Å². The monoisotopic (exact) mass is 259 g/mol. The SMILES string of the molecule is CCN1C(=O)CSC1c1ccc(F)c(Cl)c1. The molecule has 0 saturated carbocycles. The Morgan fingerprint density at radius 1 is 1.62 bits per heavy atom. The zero-order chi connectivity index (χ0) is 11.7. The number of thioether (sulfide) groups is 1. The molecule has 1 saturated heterocycles. The Morgan fingerprint density at radius 3 is 3.00 bits per heavy atom. The highest BCUT2D eigenvalue weighted by Crippen LogP contribution is 2.39. The number of benzene rings is 1. The molecule has 2 rings (SSSR count). The van der Waals surface area contributed by atoms with E-state index in [-0.39, 0.29) is 16.3 Å². The number of carbonyl (C=O) groups excluding carboxylic acids is 1. The van der Waals surface area contributed by atoms with E-state index >= 15 is 0 Å². The molecule has 0 bridgehead atoms. The fourth-order valence-corrected chi connectivity index (χ4v) is 3.18. The molecule has 0 aliphatic carbocycles. The molecule has 0 spiro atoms. The van der Waals surface area contributed by atoms with Crippen LogP contribution in [-0.2, 0) is 4.79 Å². The summed E-state index contributed by atoms with van der Waals surface area (Å²) in [6.45, 7) is 2.59. The molecule has 1 aliphatic heterocycles. The Labute approximate surface area is 103 Å². The minimum atomic E-state index is -0.428. The zero-order valence-corrected chi connectivity index (χ0v) is 10.3. The highest BCUT2D eigenvalue weighted by atomic mass is 35.5. The van der Waals surface area contributed by atoms with Crippen LogP contribution in [-0.4, -0.2) is 23.1 Å². The summed E-state index contributed by atoms with van der Waals surface area (Å²) >= 11 is 7.28. The molecule has 16 heavy (non-hydrogen) atoms. The van der Waals surface area contributed by atoms with Crippen molar-refractivity contribution in [3.8, 4) is 0 Å². The number of nitrogens with zero attached hydrogens (tertiary/aromatic N) is 1. The van der Waals surface area contributed by atoms with Crippen molar-refractivity contribution in [1.82, 2.24) is 4.90 Å². The summed E-state index contributed by atoms with van der Waals surface area (Å²) in [5, 5.41) is 0.0732. The number of halogens is 2. The third kappa shape index (κ3) is 2.04. The maximum atomic E-state index is 13.0. The topological polar surface area (TPSA) is 20.3 Å². The average Bonchev–Trinajstić information content (AvgIpc) is 2.63. The van der Waals surface area contributed by atoms with Gasteiger partial charge in [-0.3, -0.25) is 4.79 Å². The van der Waals surface area contributed by atoms with Crippen LogP contribution in [0.2, 0.25) is 5.02 Å². The lowest BCUT2D eigenvalue weighted by Crippen LogP contribution is -2.27. The lowest BCUT2D eigenvalue weighted by molar-refractivity contribution is -0.127. The molecule has 1 unspecified atom stereocenters. The number of rotatable bonds is 2. The first-order chi connectivity index (χ1) is 7.63. The molecule has 1 atom stereocenters. The predicted molar refractivity (Wildman–Crippen MR) is 64.0 cm³/mol. The summed E-state index contributed by atoms with van der Waals surface area (Å²) in [7, 11) is 0. The van der Waals surface area contributed by atoms with Crippen molar-refractivity contribution in [3.63, 3.8) is 0 Å². The zero-order valence-electron chi connectivity index (χ0n) is 8.74. The van der Waals surface area contributed by atoms with Crippen LogP contribution >= 0.6 is 23.4 Å². The molecule has 1 aliphatic rings. The third-order valence-corrected chi connectivity index (χ3v) is 4.08. The largest absolute Gasteiger partial charge is 0.326 e. The van der Waals surface area contributed by atoms with E-state index in [1.54, 1.807) is 28.8 Å². The number of amides is 1. The van der Waals surface area contributed by atoms with Gasteiger partial charge in [0.05, 0.1) is 10.8 Å². The Balaban J connectivity index is 2.30. The normalized spacial score (nSPS) is 20.6. The molecule has 1 aromatic carbocycles. The van der Waals surface area contributed by atoms with Gasteiger partial charge in [-0.15, -0.1) is 11.8 Å². The van der Waals surface area contributed by atoms with Gasteiger partial charge in [-0.25, -0.2) is 4.39 Å². The first-order valence-electron chi connectivity index (χ1n) is 4.99. The summed E-state index contributed by atoms with van der Waals surface area (Å²) in [6.07, 6.45) is 0.